The highest BCUT2D eigenvalue weighted by atomic mass is 79.9. The highest BCUT2D eigenvalue weighted by Gasteiger charge is 2.30. The van der Waals surface area contributed by atoms with Gasteiger partial charge in [0.1, 0.15) is 5.82 Å². The predicted molar refractivity (Wildman–Crippen MR) is 86.9 cm³/mol. The summed E-state index contributed by atoms with van der Waals surface area (Å²) in [5, 5.41) is 9.38. The first-order valence-corrected chi connectivity index (χ1v) is 8.81. The Kier molecular flexibility index (Phi) is 4.45. The van der Waals surface area contributed by atoms with Crippen LogP contribution in [0.15, 0.2) is 33.9 Å². The van der Waals surface area contributed by atoms with E-state index in [1.807, 2.05) is 24.3 Å². The number of thioether (sulfide) groups is 1. The van der Waals surface area contributed by atoms with Gasteiger partial charge in [-0.3, -0.25) is 4.79 Å². The Morgan fingerprint density at radius 1 is 1.43 bits per heavy atom. The van der Waals surface area contributed by atoms with E-state index in [4.69, 9.17) is 0 Å². The van der Waals surface area contributed by atoms with E-state index < -0.39 is 0 Å². The number of Topliss-reactive ketones (excluding diaryl/α,β-unsaturated/α-hetero) is 1. The van der Waals surface area contributed by atoms with Crippen molar-refractivity contribution in [2.24, 2.45) is 0 Å². The van der Waals surface area contributed by atoms with Crippen molar-refractivity contribution in [3.8, 4) is 0 Å². The maximum atomic E-state index is 12.2. The van der Waals surface area contributed by atoms with E-state index >= 15 is 0 Å². The molecule has 0 atom stereocenters. The Morgan fingerprint density at radius 2 is 2.24 bits per heavy atom. The number of rotatable bonds is 6. The van der Waals surface area contributed by atoms with Gasteiger partial charge in [0, 0.05) is 22.5 Å². The highest BCUT2D eigenvalue weighted by Crippen LogP contribution is 2.40. The van der Waals surface area contributed by atoms with Gasteiger partial charge < -0.3 is 4.57 Å². The molecule has 0 radical (unpaired) electrons. The van der Waals surface area contributed by atoms with E-state index in [2.05, 4.69) is 37.6 Å². The fourth-order valence-corrected chi connectivity index (χ4v) is 3.53. The Bertz CT molecular complexity index is 667. The second-order valence-electron chi connectivity index (χ2n) is 5.08. The molecule has 0 bridgehead atoms. The van der Waals surface area contributed by atoms with Crippen molar-refractivity contribution in [1.29, 1.82) is 0 Å². The molecular formula is C15H16BrN3OS. The Balaban J connectivity index is 1.68. The second-order valence-corrected chi connectivity index (χ2v) is 6.94. The quantitative estimate of drug-likeness (QED) is 0.575. The zero-order valence-electron chi connectivity index (χ0n) is 11.8. The number of hydrogen-bond donors (Lipinski definition) is 0. The van der Waals surface area contributed by atoms with Crippen LogP contribution in [0.5, 0.6) is 0 Å². The fraction of sp³-hybridized carbons (Fsp3) is 0.400. The molecule has 4 nitrogen and oxygen atoms in total. The van der Waals surface area contributed by atoms with E-state index in [-0.39, 0.29) is 5.78 Å². The van der Waals surface area contributed by atoms with Gasteiger partial charge >= 0.3 is 0 Å². The van der Waals surface area contributed by atoms with Gasteiger partial charge in [-0.15, -0.1) is 10.2 Å². The lowest BCUT2D eigenvalue weighted by molar-refractivity contribution is 0.102. The average molecular weight is 366 g/mol. The minimum atomic E-state index is 0.111. The number of halogens is 1. The van der Waals surface area contributed by atoms with Gasteiger partial charge in [0.15, 0.2) is 10.9 Å². The summed E-state index contributed by atoms with van der Waals surface area (Å²) in [7, 11) is 0. The minimum absolute atomic E-state index is 0.111. The summed E-state index contributed by atoms with van der Waals surface area (Å²) < 4.78 is 3.06. The standard InChI is InChI=1S/C15H16BrN3OS/c1-2-19-14(10-6-7-10)17-18-15(19)21-9-13(20)11-4-3-5-12(16)8-11/h3-5,8,10H,2,6-7,9H2,1H3. The van der Waals surface area contributed by atoms with Crippen molar-refractivity contribution >= 4 is 33.5 Å². The van der Waals surface area contributed by atoms with Crippen molar-refractivity contribution < 1.29 is 4.79 Å². The van der Waals surface area contributed by atoms with Crippen LogP contribution in [0, 0.1) is 0 Å². The van der Waals surface area contributed by atoms with Crippen LogP contribution in [0.4, 0.5) is 0 Å². The van der Waals surface area contributed by atoms with Gasteiger partial charge in [-0.05, 0) is 31.9 Å². The molecule has 1 aliphatic carbocycles. The summed E-state index contributed by atoms with van der Waals surface area (Å²) in [5.41, 5.74) is 0.724. The molecule has 110 valence electrons. The van der Waals surface area contributed by atoms with Crippen LogP contribution in [-0.4, -0.2) is 26.3 Å². The summed E-state index contributed by atoms with van der Waals surface area (Å²) in [6.07, 6.45) is 2.42. The Morgan fingerprint density at radius 3 is 2.90 bits per heavy atom. The van der Waals surface area contributed by atoms with Gasteiger partial charge in [-0.1, -0.05) is 39.8 Å². The number of hydrogen-bond acceptors (Lipinski definition) is 4. The molecule has 1 saturated carbocycles. The van der Waals surface area contributed by atoms with Gasteiger partial charge in [-0.2, -0.15) is 0 Å². The third kappa shape index (κ3) is 3.37. The van der Waals surface area contributed by atoms with Crippen LogP contribution in [0.25, 0.3) is 0 Å². The molecule has 0 aliphatic heterocycles. The smallest absolute Gasteiger partial charge is 0.191 e. The largest absolute Gasteiger partial charge is 0.306 e. The molecule has 1 heterocycles. The summed E-state index contributed by atoms with van der Waals surface area (Å²) >= 11 is 4.86. The first kappa shape index (κ1) is 14.8. The van der Waals surface area contributed by atoms with Crippen molar-refractivity contribution in [2.75, 3.05) is 5.75 Å². The number of aromatic nitrogens is 3. The molecule has 0 saturated heterocycles. The van der Waals surface area contributed by atoms with Crippen LogP contribution < -0.4 is 0 Å². The third-order valence-electron chi connectivity index (χ3n) is 3.48. The first-order valence-electron chi connectivity index (χ1n) is 7.03. The molecule has 0 N–H and O–H groups in total. The summed E-state index contributed by atoms with van der Waals surface area (Å²) in [4.78, 5) is 12.2. The van der Waals surface area contributed by atoms with E-state index in [0.717, 1.165) is 27.6 Å². The molecule has 1 aliphatic rings. The molecule has 21 heavy (non-hydrogen) atoms. The van der Waals surface area contributed by atoms with Crippen molar-refractivity contribution in [1.82, 2.24) is 14.8 Å². The molecule has 1 fully saturated rings. The molecule has 2 aromatic rings. The summed E-state index contributed by atoms with van der Waals surface area (Å²) in [6.45, 7) is 2.95. The monoisotopic (exact) mass is 365 g/mol. The number of benzene rings is 1. The molecule has 0 amide bonds. The van der Waals surface area contributed by atoms with Crippen LogP contribution in [0.3, 0.4) is 0 Å². The van der Waals surface area contributed by atoms with Gasteiger partial charge in [0.2, 0.25) is 0 Å². The summed E-state index contributed by atoms with van der Waals surface area (Å²) in [6, 6.07) is 7.48. The maximum Gasteiger partial charge on any atom is 0.191 e. The first-order chi connectivity index (χ1) is 10.2. The lowest BCUT2D eigenvalue weighted by Gasteiger charge is -2.06. The zero-order chi connectivity index (χ0) is 14.8. The SMILES string of the molecule is CCn1c(SCC(=O)c2cccc(Br)c2)nnc1C1CC1. The van der Waals surface area contributed by atoms with Crippen molar-refractivity contribution in [2.45, 2.75) is 37.4 Å². The van der Waals surface area contributed by atoms with Crippen molar-refractivity contribution in [3.63, 3.8) is 0 Å². The van der Waals surface area contributed by atoms with Gasteiger partial charge in [0.25, 0.3) is 0 Å². The molecule has 1 aromatic heterocycles. The summed E-state index contributed by atoms with van der Waals surface area (Å²) in [5.74, 6) is 2.15. The molecule has 6 heteroatoms. The normalized spacial score (nSPS) is 14.4. The molecule has 3 rings (SSSR count). The lowest BCUT2D eigenvalue weighted by Crippen LogP contribution is -2.06. The number of ketones is 1. The third-order valence-corrected chi connectivity index (χ3v) is 4.94. The van der Waals surface area contributed by atoms with E-state index in [1.165, 1.54) is 24.6 Å². The predicted octanol–water partition coefficient (Wildman–Crippen LogP) is 3.91. The van der Waals surface area contributed by atoms with Crippen LogP contribution >= 0.6 is 27.7 Å². The molecule has 1 aromatic carbocycles. The van der Waals surface area contributed by atoms with Crippen LogP contribution in [-0.2, 0) is 6.54 Å². The number of nitrogens with zero attached hydrogens (tertiary/aromatic N) is 3. The van der Waals surface area contributed by atoms with E-state index in [9.17, 15) is 4.79 Å². The van der Waals surface area contributed by atoms with Crippen molar-refractivity contribution in [3.05, 3.63) is 40.1 Å². The Labute approximate surface area is 136 Å². The fourth-order valence-electron chi connectivity index (χ4n) is 2.22. The Hall–Kier alpha value is -1.14. The van der Waals surface area contributed by atoms with Crippen LogP contribution in [0.1, 0.15) is 41.9 Å². The number of carbonyl (C=O) groups excluding carboxylic acids is 1. The van der Waals surface area contributed by atoms with Gasteiger partial charge in [0.05, 0.1) is 5.75 Å². The van der Waals surface area contributed by atoms with Gasteiger partial charge in [-0.25, -0.2) is 0 Å². The average Bonchev–Trinajstić information content (AvgIpc) is 3.25. The number of carbonyl (C=O) groups is 1. The van der Waals surface area contributed by atoms with E-state index in [0.29, 0.717) is 11.7 Å². The topological polar surface area (TPSA) is 47.8 Å². The maximum absolute atomic E-state index is 12.2. The lowest BCUT2D eigenvalue weighted by atomic mass is 10.2. The molecule has 0 unspecified atom stereocenters. The molecular weight excluding hydrogens is 350 g/mol. The zero-order valence-corrected chi connectivity index (χ0v) is 14.2. The second kappa shape index (κ2) is 6.32. The van der Waals surface area contributed by atoms with E-state index in [1.54, 1.807) is 0 Å². The van der Waals surface area contributed by atoms with Crippen LogP contribution in [0.2, 0.25) is 0 Å². The molecule has 0 spiro atoms. The minimum Gasteiger partial charge on any atom is -0.306 e. The highest BCUT2D eigenvalue weighted by molar-refractivity contribution is 9.10.